The van der Waals surface area contributed by atoms with Crippen molar-refractivity contribution in [3.8, 4) is 28.5 Å². The lowest BCUT2D eigenvalue weighted by Crippen LogP contribution is -2.46. The molecule has 0 saturated carbocycles. The number of rotatable bonds is 5. The summed E-state index contributed by atoms with van der Waals surface area (Å²) in [6.45, 7) is 6.65. The van der Waals surface area contributed by atoms with Crippen molar-refractivity contribution in [1.82, 2.24) is 34.4 Å². The van der Waals surface area contributed by atoms with Gasteiger partial charge >= 0.3 is 6.09 Å². The van der Waals surface area contributed by atoms with E-state index in [1.165, 1.54) is 0 Å². The van der Waals surface area contributed by atoms with Crippen LogP contribution < -0.4 is 4.74 Å². The Morgan fingerprint density at radius 3 is 2.79 bits per heavy atom. The normalized spacial score (nSPS) is 16.3. The van der Waals surface area contributed by atoms with E-state index in [4.69, 9.17) is 31.2 Å². The average molecular weight is 666 g/mol. The number of halogens is 2. The molecule has 0 spiro atoms. The number of piperidine rings is 1. The van der Waals surface area contributed by atoms with E-state index in [-0.39, 0.29) is 17.5 Å². The second kappa shape index (κ2) is 11.2. The fourth-order valence-electron chi connectivity index (χ4n) is 4.24. The van der Waals surface area contributed by atoms with Crippen LogP contribution in [0.4, 0.5) is 4.79 Å². The molecule has 4 heterocycles. The fraction of sp³-hybridized carbons (Fsp3) is 0.360. The number of hydrogen-bond acceptors (Lipinski definition) is 8. The second-order valence-electron chi connectivity index (χ2n) is 9.84. The van der Waals surface area contributed by atoms with Crippen molar-refractivity contribution in [2.24, 2.45) is 0 Å². The van der Waals surface area contributed by atoms with E-state index in [2.05, 4.69) is 37.0 Å². The largest absolute Gasteiger partial charge is 0.471 e. The predicted octanol–water partition coefficient (Wildman–Crippen LogP) is 6.17. The first-order valence-corrected chi connectivity index (χ1v) is 16.5. The maximum Gasteiger partial charge on any atom is 0.410 e. The van der Waals surface area contributed by atoms with Crippen LogP contribution in [0.1, 0.15) is 33.6 Å². The summed E-state index contributed by atoms with van der Waals surface area (Å²) < 4.78 is 13.7. The lowest BCUT2D eigenvalue weighted by atomic mass is 10.1. The molecule has 1 aliphatic heterocycles. The van der Waals surface area contributed by atoms with Gasteiger partial charge in [0.2, 0.25) is 11.2 Å². The molecule has 198 valence electrons. The molecule has 1 saturated heterocycles. The highest BCUT2D eigenvalue weighted by atomic mass is 127. The average Bonchev–Trinajstić information content (AvgIpc) is 3.26. The summed E-state index contributed by atoms with van der Waals surface area (Å²) in [7, 11) is 0. The first kappa shape index (κ1) is 27.0. The number of nitrogens with zero attached hydrogens (tertiary/aromatic N) is 7. The van der Waals surface area contributed by atoms with Gasteiger partial charge in [-0.3, -0.25) is 4.98 Å². The monoisotopic (exact) mass is 665 g/mol. The Bertz CT molecular complexity index is 1480. The number of carbonyl (C=O) groups is 1. The number of hydrogen-bond donors (Lipinski definition) is 0. The highest BCUT2D eigenvalue weighted by Crippen LogP contribution is 2.36. The zero-order valence-electron chi connectivity index (χ0n) is 21.1. The molecule has 0 radical (unpaired) electrons. The van der Waals surface area contributed by atoms with Crippen molar-refractivity contribution in [3.05, 3.63) is 48.1 Å². The van der Waals surface area contributed by atoms with E-state index in [1.807, 2.05) is 49.5 Å². The highest BCUT2D eigenvalue weighted by molar-refractivity contribution is 14.2. The van der Waals surface area contributed by atoms with Crippen LogP contribution in [0, 0.1) is 0 Å². The van der Waals surface area contributed by atoms with Crippen molar-refractivity contribution >= 4 is 57.0 Å². The molecule has 1 fully saturated rings. The van der Waals surface area contributed by atoms with Gasteiger partial charge in [-0.05, 0) is 85.5 Å². The molecule has 10 nitrogen and oxygen atoms in total. The van der Waals surface area contributed by atoms with E-state index >= 15 is 0 Å². The Balaban J connectivity index is 1.41. The third-order valence-electron chi connectivity index (χ3n) is 5.85. The Labute approximate surface area is 239 Å². The van der Waals surface area contributed by atoms with Crippen LogP contribution in [-0.4, -0.2) is 65.3 Å². The maximum atomic E-state index is 12.5. The van der Waals surface area contributed by atoms with Crippen molar-refractivity contribution in [2.75, 3.05) is 13.1 Å². The summed E-state index contributed by atoms with van der Waals surface area (Å²) >= 11 is 8.32. The molecule has 3 aromatic heterocycles. The summed E-state index contributed by atoms with van der Waals surface area (Å²) in [6, 6.07) is 7.85. The minimum atomic E-state index is -0.547. The lowest BCUT2D eigenvalue weighted by Gasteiger charge is -2.33. The van der Waals surface area contributed by atoms with Gasteiger partial charge in [0.05, 0.1) is 36.5 Å². The zero-order valence-corrected chi connectivity index (χ0v) is 25.0. The molecule has 2 unspecified atom stereocenters. The van der Waals surface area contributed by atoms with Crippen molar-refractivity contribution in [3.63, 3.8) is 0 Å². The molecule has 5 rings (SSSR count). The van der Waals surface area contributed by atoms with Crippen molar-refractivity contribution in [2.45, 2.75) is 45.3 Å². The van der Waals surface area contributed by atoms with Crippen molar-refractivity contribution < 1.29 is 14.3 Å². The van der Waals surface area contributed by atoms with E-state index in [0.717, 1.165) is 35.0 Å². The maximum absolute atomic E-state index is 12.5. The van der Waals surface area contributed by atoms with Crippen LogP contribution in [-0.2, 0) is 4.74 Å². The Kier molecular flexibility index (Phi) is 7.97. The van der Waals surface area contributed by atoms with Crippen LogP contribution in [0.5, 0.6) is 5.88 Å². The number of amides is 1. The van der Waals surface area contributed by atoms with Gasteiger partial charge in [0.1, 0.15) is 23.1 Å². The summed E-state index contributed by atoms with van der Waals surface area (Å²) in [4.78, 5) is 31.7. The molecule has 0 aliphatic carbocycles. The van der Waals surface area contributed by atoms with E-state index < -0.39 is 5.60 Å². The van der Waals surface area contributed by atoms with Crippen LogP contribution in [0.15, 0.2) is 42.9 Å². The number of fused-ring (bicyclic) bond motifs is 1. The molecular weight excluding hydrogens is 640 g/mol. The molecule has 0 N–H and O–H groups in total. The Hall–Kier alpha value is -2.63. The van der Waals surface area contributed by atoms with Gasteiger partial charge in [0.25, 0.3) is 0 Å². The molecule has 38 heavy (non-hydrogen) atoms. The molecule has 4 aromatic rings. The smallest absolute Gasteiger partial charge is 0.410 e. The van der Waals surface area contributed by atoms with E-state index in [9.17, 15) is 4.79 Å². The second-order valence-corrected chi connectivity index (χ2v) is 12.2. The minimum Gasteiger partial charge on any atom is -0.471 e. The van der Waals surface area contributed by atoms with Gasteiger partial charge in [-0.1, -0.05) is 6.07 Å². The topological polar surface area (TPSA) is 108 Å². The van der Waals surface area contributed by atoms with Gasteiger partial charge in [-0.25, -0.2) is 24.2 Å². The van der Waals surface area contributed by atoms with Gasteiger partial charge in [0, 0.05) is 23.7 Å². The summed E-state index contributed by atoms with van der Waals surface area (Å²) in [5.41, 5.74) is 3.34. The third-order valence-corrected chi connectivity index (χ3v) is 7.91. The number of benzene rings is 1. The first-order chi connectivity index (χ1) is 18.2. The summed E-state index contributed by atoms with van der Waals surface area (Å²) in [5, 5.41) is 5.93. The van der Waals surface area contributed by atoms with Gasteiger partial charge in [-0.2, -0.15) is 5.10 Å². The van der Waals surface area contributed by atoms with E-state index in [0.29, 0.717) is 36.7 Å². The predicted molar refractivity (Wildman–Crippen MR) is 156 cm³/mol. The molecular formula is C25H26ClIN7O3P. The molecule has 2 atom stereocenters. The number of likely N-dealkylation sites (tertiary alicyclic amines) is 1. The standard InChI is InChI=1S/C25H26ClIN7O3P/c1-25(2,3)37-24(35)33-10-4-5-16(14-33)36-21-13-28-12-19(30-21)22-17-11-15(18-8-9-29-23(26)31-18)6-7-20(17)34(32-22)38-27/h6-9,11-13,16,38H,4-5,10,14H2,1-3H3. The van der Waals surface area contributed by atoms with Crippen LogP contribution in [0.25, 0.3) is 33.5 Å². The third kappa shape index (κ3) is 6.16. The zero-order chi connectivity index (χ0) is 26.9. The number of ether oxygens (including phenoxy) is 2. The number of carbonyl (C=O) groups excluding carboxylic acids is 1. The first-order valence-electron chi connectivity index (χ1n) is 12.1. The summed E-state index contributed by atoms with van der Waals surface area (Å²) in [6.07, 6.45) is 6.39. The molecule has 1 aromatic carbocycles. The van der Waals surface area contributed by atoms with Crippen molar-refractivity contribution in [1.29, 1.82) is 0 Å². The van der Waals surface area contributed by atoms with Gasteiger partial charge in [-0.15, -0.1) is 0 Å². The Morgan fingerprint density at radius 2 is 2.03 bits per heavy atom. The quantitative estimate of drug-likeness (QED) is 0.142. The Morgan fingerprint density at radius 1 is 1.18 bits per heavy atom. The number of aromatic nitrogens is 6. The van der Waals surface area contributed by atoms with Gasteiger partial charge in [0.15, 0.2) is 0 Å². The van der Waals surface area contributed by atoms with Crippen LogP contribution in [0.2, 0.25) is 5.28 Å². The SMILES string of the molecule is CC(C)(C)OC(=O)N1CCCC(Oc2cncc(-c3nn(PI)c4ccc(-c5ccnc(Cl)n5)cc34)n2)C1. The lowest BCUT2D eigenvalue weighted by molar-refractivity contribution is 0.00719. The molecule has 0 bridgehead atoms. The molecule has 13 heteroatoms. The molecule has 1 aliphatic rings. The molecule has 1 amide bonds. The highest BCUT2D eigenvalue weighted by Gasteiger charge is 2.29. The minimum absolute atomic E-state index is 0.191. The fourth-order valence-corrected chi connectivity index (χ4v) is 5.92. The van der Waals surface area contributed by atoms with Crippen LogP contribution >= 0.6 is 40.0 Å². The van der Waals surface area contributed by atoms with E-state index in [1.54, 1.807) is 23.5 Å². The van der Waals surface area contributed by atoms with Crippen LogP contribution in [0.3, 0.4) is 0 Å². The van der Waals surface area contributed by atoms with Gasteiger partial charge < -0.3 is 14.4 Å². The summed E-state index contributed by atoms with van der Waals surface area (Å²) in [5.74, 6) is 0.386.